The molecule has 1 amide bonds. The molecule has 1 unspecified atom stereocenters. The summed E-state index contributed by atoms with van der Waals surface area (Å²) in [5.74, 6) is -0.521. The summed E-state index contributed by atoms with van der Waals surface area (Å²) >= 11 is 0. The van der Waals surface area contributed by atoms with Crippen molar-refractivity contribution >= 4 is 23.1 Å². The minimum absolute atomic E-state index is 0.0224. The Morgan fingerprint density at radius 3 is 2.55 bits per heavy atom. The van der Waals surface area contributed by atoms with Crippen LogP contribution < -0.4 is 4.90 Å². The minimum Gasteiger partial charge on any atom is -0.294 e. The molecule has 1 atom stereocenters. The molecule has 0 N–H and O–H groups in total. The van der Waals surface area contributed by atoms with E-state index in [0.29, 0.717) is 24.0 Å². The summed E-state index contributed by atoms with van der Waals surface area (Å²) in [6.07, 6.45) is 1.89. The normalized spacial score (nSPS) is 20.6. The van der Waals surface area contributed by atoms with E-state index in [4.69, 9.17) is 0 Å². The summed E-state index contributed by atoms with van der Waals surface area (Å²) in [5.41, 5.74) is 3.60. The van der Waals surface area contributed by atoms with E-state index in [1.807, 2.05) is 45.0 Å². The van der Waals surface area contributed by atoms with Gasteiger partial charge in [0.05, 0.1) is 10.6 Å². The number of allylic oxidation sites excluding steroid dienone is 2. The van der Waals surface area contributed by atoms with Crippen molar-refractivity contribution in [1.82, 2.24) is 0 Å². The first-order valence-corrected chi connectivity index (χ1v) is 10.6. The number of nitro benzene ring substituents is 1. The molecule has 2 aliphatic rings. The number of nitro groups is 1. The number of hydrogen-bond donors (Lipinski definition) is 0. The summed E-state index contributed by atoms with van der Waals surface area (Å²) in [4.78, 5) is 39.4. The monoisotopic (exact) mass is 418 g/mol. The molecule has 0 bridgehead atoms. The number of anilines is 1. The maximum absolute atomic E-state index is 13.5. The van der Waals surface area contributed by atoms with Gasteiger partial charge in [-0.3, -0.25) is 24.6 Å². The third-order valence-corrected chi connectivity index (χ3v) is 6.24. The van der Waals surface area contributed by atoms with Gasteiger partial charge in [-0.1, -0.05) is 51.1 Å². The first-order valence-electron chi connectivity index (χ1n) is 10.6. The summed E-state index contributed by atoms with van der Waals surface area (Å²) < 4.78 is 0. The van der Waals surface area contributed by atoms with Crippen LogP contribution in [0.2, 0.25) is 0 Å². The molecule has 0 spiro atoms. The highest BCUT2D eigenvalue weighted by molar-refractivity contribution is 6.08. The highest BCUT2D eigenvalue weighted by atomic mass is 16.6. The van der Waals surface area contributed by atoms with Gasteiger partial charge in [0.2, 0.25) is 5.91 Å². The quantitative estimate of drug-likeness (QED) is 0.497. The van der Waals surface area contributed by atoms with Gasteiger partial charge in [-0.2, -0.15) is 0 Å². The van der Waals surface area contributed by atoms with Gasteiger partial charge >= 0.3 is 0 Å². The van der Waals surface area contributed by atoms with Crippen LogP contribution in [0, 0.1) is 15.5 Å². The largest absolute Gasteiger partial charge is 0.294 e. The van der Waals surface area contributed by atoms with Crippen LogP contribution in [-0.4, -0.2) is 16.6 Å². The van der Waals surface area contributed by atoms with Gasteiger partial charge in [0, 0.05) is 42.2 Å². The Morgan fingerprint density at radius 1 is 1.10 bits per heavy atom. The average molecular weight is 418 g/mol. The average Bonchev–Trinajstić information content (AvgIpc) is 2.72. The Morgan fingerprint density at radius 2 is 1.84 bits per heavy atom. The van der Waals surface area contributed by atoms with Crippen LogP contribution in [-0.2, 0) is 16.0 Å². The number of aryl methyl sites for hydroxylation is 1. The number of amides is 1. The van der Waals surface area contributed by atoms with E-state index < -0.39 is 10.8 Å². The molecular formula is C25H26N2O4. The lowest BCUT2D eigenvalue weighted by Gasteiger charge is -2.43. The number of nitrogens with zero attached hydrogens (tertiary/aromatic N) is 2. The lowest BCUT2D eigenvalue weighted by Crippen LogP contribution is -2.44. The third kappa shape index (κ3) is 3.78. The molecule has 2 aromatic carbocycles. The van der Waals surface area contributed by atoms with Crippen molar-refractivity contribution in [3.8, 4) is 0 Å². The minimum atomic E-state index is -0.462. The van der Waals surface area contributed by atoms with Crippen LogP contribution >= 0.6 is 0 Å². The van der Waals surface area contributed by atoms with Crippen molar-refractivity contribution < 1.29 is 14.5 Å². The number of carbonyl (C=O) groups excluding carboxylic acids is 2. The molecule has 160 valence electrons. The fourth-order valence-electron chi connectivity index (χ4n) is 4.86. The lowest BCUT2D eigenvalue weighted by molar-refractivity contribution is -0.384. The molecule has 0 fully saturated rings. The standard InChI is InChI=1S/C25H26N2O4/c1-4-16-8-5-6-11-20(16)26-21-14-25(2,3)15-22(28)24(21)19(13-23(26)29)17-9-7-10-18(12-17)27(30)31/h5-12,19H,4,13-15H2,1-3H3. The van der Waals surface area contributed by atoms with E-state index in [2.05, 4.69) is 0 Å². The van der Waals surface area contributed by atoms with Crippen LogP contribution in [0.25, 0.3) is 0 Å². The van der Waals surface area contributed by atoms with Crippen LogP contribution in [0.15, 0.2) is 59.8 Å². The van der Waals surface area contributed by atoms with Crippen LogP contribution in [0.1, 0.15) is 57.1 Å². The van der Waals surface area contributed by atoms with E-state index in [1.54, 1.807) is 17.0 Å². The third-order valence-electron chi connectivity index (χ3n) is 6.24. The van der Waals surface area contributed by atoms with Crippen molar-refractivity contribution in [3.63, 3.8) is 0 Å². The molecule has 31 heavy (non-hydrogen) atoms. The van der Waals surface area contributed by atoms with Crippen LogP contribution in [0.3, 0.4) is 0 Å². The van der Waals surface area contributed by atoms with Crippen LogP contribution in [0.5, 0.6) is 0 Å². The second-order valence-corrected chi connectivity index (χ2v) is 9.12. The molecule has 2 aromatic rings. The molecule has 0 radical (unpaired) electrons. The Kier molecular flexibility index (Phi) is 5.25. The fourth-order valence-corrected chi connectivity index (χ4v) is 4.86. The van der Waals surface area contributed by atoms with Gasteiger partial charge in [-0.15, -0.1) is 0 Å². The summed E-state index contributed by atoms with van der Waals surface area (Å²) in [7, 11) is 0. The molecule has 4 rings (SSSR count). The molecule has 6 nitrogen and oxygen atoms in total. The first kappa shape index (κ1) is 21.0. The highest BCUT2D eigenvalue weighted by Crippen LogP contribution is 2.48. The number of para-hydroxylation sites is 1. The summed E-state index contributed by atoms with van der Waals surface area (Å²) in [6, 6.07) is 14.1. The lowest BCUT2D eigenvalue weighted by atomic mass is 9.69. The van der Waals surface area contributed by atoms with E-state index in [9.17, 15) is 19.7 Å². The molecule has 0 saturated heterocycles. The second kappa shape index (κ2) is 7.76. The predicted octanol–water partition coefficient (Wildman–Crippen LogP) is 5.32. The van der Waals surface area contributed by atoms with Crippen molar-refractivity contribution in [2.75, 3.05) is 4.90 Å². The topological polar surface area (TPSA) is 80.5 Å². The van der Waals surface area contributed by atoms with Gasteiger partial charge in [0.1, 0.15) is 0 Å². The highest BCUT2D eigenvalue weighted by Gasteiger charge is 2.44. The second-order valence-electron chi connectivity index (χ2n) is 9.12. The molecule has 1 aliphatic heterocycles. The molecule has 1 aliphatic carbocycles. The number of carbonyl (C=O) groups is 2. The Balaban J connectivity index is 1.92. The maximum atomic E-state index is 13.5. The van der Waals surface area contributed by atoms with E-state index in [-0.39, 0.29) is 29.2 Å². The Labute approximate surface area is 181 Å². The van der Waals surface area contributed by atoms with Crippen LogP contribution in [0.4, 0.5) is 11.4 Å². The van der Waals surface area contributed by atoms with Gasteiger partial charge < -0.3 is 0 Å². The van der Waals surface area contributed by atoms with E-state index in [1.165, 1.54) is 12.1 Å². The SMILES string of the molecule is CCc1ccccc1N1C(=O)CC(c2cccc([N+](=O)[O-])c2)C2=C1CC(C)(C)CC2=O. The summed E-state index contributed by atoms with van der Waals surface area (Å²) in [6.45, 7) is 6.13. The zero-order chi connectivity index (χ0) is 22.3. The van der Waals surface area contributed by atoms with Crippen molar-refractivity contribution in [3.05, 3.63) is 81.0 Å². The van der Waals surface area contributed by atoms with E-state index in [0.717, 1.165) is 23.4 Å². The first-order chi connectivity index (χ1) is 14.7. The van der Waals surface area contributed by atoms with Crippen molar-refractivity contribution in [1.29, 1.82) is 0 Å². The molecule has 0 aromatic heterocycles. The van der Waals surface area contributed by atoms with Crippen molar-refractivity contribution in [2.24, 2.45) is 5.41 Å². The number of Topliss-reactive ketones (excluding diaryl/α,β-unsaturated/α-hetero) is 1. The van der Waals surface area contributed by atoms with Crippen molar-refractivity contribution in [2.45, 2.75) is 52.4 Å². The molecule has 1 heterocycles. The van der Waals surface area contributed by atoms with E-state index >= 15 is 0 Å². The Hall–Kier alpha value is -3.28. The maximum Gasteiger partial charge on any atom is 0.269 e. The smallest absolute Gasteiger partial charge is 0.269 e. The van der Waals surface area contributed by atoms with Gasteiger partial charge in [0.25, 0.3) is 5.69 Å². The number of non-ortho nitro benzene ring substituents is 1. The number of ketones is 1. The zero-order valence-electron chi connectivity index (χ0n) is 18.1. The number of benzene rings is 2. The van der Waals surface area contributed by atoms with Gasteiger partial charge in [-0.25, -0.2) is 0 Å². The number of rotatable bonds is 4. The summed E-state index contributed by atoms with van der Waals surface area (Å²) in [5, 5.41) is 11.3. The molecular weight excluding hydrogens is 392 g/mol. The Bertz CT molecular complexity index is 1120. The zero-order valence-corrected chi connectivity index (χ0v) is 18.1. The van der Waals surface area contributed by atoms with Gasteiger partial charge in [0.15, 0.2) is 5.78 Å². The van der Waals surface area contributed by atoms with Gasteiger partial charge in [-0.05, 0) is 35.4 Å². The molecule has 6 heteroatoms. The predicted molar refractivity (Wildman–Crippen MR) is 119 cm³/mol. The fraction of sp³-hybridized carbons (Fsp3) is 0.360. The number of hydrogen-bond acceptors (Lipinski definition) is 4. The molecule has 0 saturated carbocycles.